The lowest BCUT2D eigenvalue weighted by Gasteiger charge is -2.33. The summed E-state index contributed by atoms with van der Waals surface area (Å²) >= 11 is 3.55. The van der Waals surface area contributed by atoms with Gasteiger partial charge in [0.2, 0.25) is 0 Å². The molecule has 0 aliphatic carbocycles. The van der Waals surface area contributed by atoms with Gasteiger partial charge in [-0.3, -0.25) is 4.98 Å². The molecular weight excluding hydrogens is 328 g/mol. The number of rotatable bonds is 4. The molecular formula is C17H19BrN2O. The van der Waals surface area contributed by atoms with Crippen LogP contribution in [-0.2, 0) is 0 Å². The summed E-state index contributed by atoms with van der Waals surface area (Å²) in [6.07, 6.45) is 5.80. The van der Waals surface area contributed by atoms with Crippen LogP contribution in [0, 0.1) is 0 Å². The Hall–Kier alpha value is -1.39. The Labute approximate surface area is 133 Å². The highest BCUT2D eigenvalue weighted by molar-refractivity contribution is 9.10. The average molecular weight is 347 g/mol. The minimum Gasteiger partial charge on any atom is -0.485 e. The van der Waals surface area contributed by atoms with E-state index < -0.39 is 0 Å². The second-order valence-electron chi connectivity index (χ2n) is 5.32. The van der Waals surface area contributed by atoms with Gasteiger partial charge < -0.3 is 10.1 Å². The lowest BCUT2D eigenvalue weighted by atomic mass is 9.93. The van der Waals surface area contributed by atoms with Crippen molar-refractivity contribution in [1.82, 2.24) is 10.3 Å². The van der Waals surface area contributed by atoms with Crippen LogP contribution in [0.15, 0.2) is 47.2 Å². The summed E-state index contributed by atoms with van der Waals surface area (Å²) in [6.45, 7) is 3.20. The number of halogens is 1. The number of benzene rings is 1. The standard InChI is InChI=1S/C17H19BrN2O/c1-2-7-20-15-10-17(12-4-3-8-19-11-12)21-16-6-5-13(18)9-14(15)16/h3-6,8-9,11,15,17,20H,2,7,10H2,1H3. The highest BCUT2D eigenvalue weighted by Gasteiger charge is 2.29. The van der Waals surface area contributed by atoms with Gasteiger partial charge in [0.05, 0.1) is 0 Å². The quantitative estimate of drug-likeness (QED) is 0.890. The maximum Gasteiger partial charge on any atom is 0.127 e. The van der Waals surface area contributed by atoms with Gasteiger partial charge >= 0.3 is 0 Å². The molecule has 3 nitrogen and oxygen atoms in total. The third kappa shape index (κ3) is 3.27. The fourth-order valence-electron chi connectivity index (χ4n) is 2.72. The zero-order chi connectivity index (χ0) is 14.7. The average Bonchev–Trinajstić information content (AvgIpc) is 2.53. The van der Waals surface area contributed by atoms with E-state index >= 15 is 0 Å². The number of aromatic nitrogens is 1. The molecule has 0 bridgehead atoms. The van der Waals surface area contributed by atoms with Gasteiger partial charge in [-0.25, -0.2) is 0 Å². The molecule has 0 spiro atoms. The molecule has 110 valence electrons. The summed E-state index contributed by atoms with van der Waals surface area (Å²) in [5, 5.41) is 3.63. The first-order chi connectivity index (χ1) is 10.3. The van der Waals surface area contributed by atoms with E-state index in [2.05, 4.69) is 45.3 Å². The normalized spacial score (nSPS) is 20.7. The molecule has 1 N–H and O–H groups in total. The van der Waals surface area contributed by atoms with Crippen LogP contribution in [-0.4, -0.2) is 11.5 Å². The maximum atomic E-state index is 6.18. The Balaban J connectivity index is 1.91. The second-order valence-corrected chi connectivity index (χ2v) is 6.23. The fourth-order valence-corrected chi connectivity index (χ4v) is 3.10. The van der Waals surface area contributed by atoms with Crippen LogP contribution < -0.4 is 10.1 Å². The number of hydrogen-bond donors (Lipinski definition) is 1. The number of nitrogens with one attached hydrogen (secondary N) is 1. The number of hydrogen-bond acceptors (Lipinski definition) is 3. The van der Waals surface area contributed by atoms with Crippen molar-refractivity contribution < 1.29 is 4.74 Å². The van der Waals surface area contributed by atoms with Gasteiger partial charge in [0.1, 0.15) is 11.9 Å². The van der Waals surface area contributed by atoms with Gasteiger partial charge in [0.25, 0.3) is 0 Å². The molecule has 2 atom stereocenters. The lowest BCUT2D eigenvalue weighted by Crippen LogP contribution is -2.29. The van der Waals surface area contributed by atoms with E-state index in [1.807, 2.05) is 24.4 Å². The van der Waals surface area contributed by atoms with Gasteiger partial charge in [-0.15, -0.1) is 0 Å². The van der Waals surface area contributed by atoms with Crippen molar-refractivity contribution in [1.29, 1.82) is 0 Å². The number of ether oxygens (including phenoxy) is 1. The summed E-state index contributed by atoms with van der Waals surface area (Å²) in [6, 6.07) is 10.6. The molecule has 1 aromatic carbocycles. The first-order valence-electron chi connectivity index (χ1n) is 7.37. The highest BCUT2D eigenvalue weighted by Crippen LogP contribution is 2.41. The van der Waals surface area contributed by atoms with Crippen LogP contribution in [0.3, 0.4) is 0 Å². The van der Waals surface area contributed by atoms with Crippen molar-refractivity contribution in [3.63, 3.8) is 0 Å². The Morgan fingerprint density at radius 2 is 2.29 bits per heavy atom. The van der Waals surface area contributed by atoms with Crippen LogP contribution in [0.2, 0.25) is 0 Å². The van der Waals surface area contributed by atoms with Gasteiger partial charge in [0.15, 0.2) is 0 Å². The van der Waals surface area contributed by atoms with Crippen LogP contribution in [0.4, 0.5) is 0 Å². The lowest BCUT2D eigenvalue weighted by molar-refractivity contribution is 0.151. The third-order valence-electron chi connectivity index (χ3n) is 3.76. The molecule has 1 aliphatic heterocycles. The summed E-state index contributed by atoms with van der Waals surface area (Å²) in [7, 11) is 0. The Kier molecular flexibility index (Phi) is 4.56. The molecule has 4 heteroatoms. The van der Waals surface area contributed by atoms with Crippen LogP contribution in [0.1, 0.15) is 43.0 Å². The zero-order valence-corrected chi connectivity index (χ0v) is 13.6. The largest absolute Gasteiger partial charge is 0.485 e. The first kappa shape index (κ1) is 14.5. The van der Waals surface area contributed by atoms with E-state index in [0.29, 0.717) is 6.04 Å². The van der Waals surface area contributed by atoms with Crippen molar-refractivity contribution in [2.75, 3.05) is 6.54 Å². The van der Waals surface area contributed by atoms with Crippen molar-refractivity contribution in [2.45, 2.75) is 31.9 Å². The number of nitrogens with zero attached hydrogens (tertiary/aromatic N) is 1. The summed E-state index contributed by atoms with van der Waals surface area (Å²) < 4.78 is 7.27. The Morgan fingerprint density at radius 1 is 1.38 bits per heavy atom. The predicted octanol–water partition coefficient (Wildman–Crippen LogP) is 4.41. The van der Waals surface area contributed by atoms with E-state index in [1.165, 1.54) is 5.56 Å². The van der Waals surface area contributed by atoms with Crippen molar-refractivity contribution in [3.05, 3.63) is 58.3 Å². The zero-order valence-electron chi connectivity index (χ0n) is 12.1. The minimum absolute atomic E-state index is 0.0572. The molecule has 2 heterocycles. The van der Waals surface area contributed by atoms with Crippen LogP contribution >= 0.6 is 15.9 Å². The molecule has 0 radical (unpaired) electrons. The van der Waals surface area contributed by atoms with Crippen molar-refractivity contribution >= 4 is 15.9 Å². The predicted molar refractivity (Wildman–Crippen MR) is 87.4 cm³/mol. The van der Waals surface area contributed by atoms with E-state index in [0.717, 1.165) is 35.2 Å². The molecule has 0 amide bonds. The van der Waals surface area contributed by atoms with Gasteiger partial charge in [-0.2, -0.15) is 0 Å². The van der Waals surface area contributed by atoms with E-state index in [-0.39, 0.29) is 6.10 Å². The van der Waals surface area contributed by atoms with E-state index in [1.54, 1.807) is 6.20 Å². The molecule has 0 saturated carbocycles. The first-order valence-corrected chi connectivity index (χ1v) is 8.16. The smallest absolute Gasteiger partial charge is 0.127 e. The van der Waals surface area contributed by atoms with Crippen LogP contribution in [0.5, 0.6) is 5.75 Å². The van der Waals surface area contributed by atoms with Crippen LogP contribution in [0.25, 0.3) is 0 Å². The fraction of sp³-hybridized carbons (Fsp3) is 0.353. The van der Waals surface area contributed by atoms with Gasteiger partial charge in [0, 0.05) is 40.5 Å². The molecule has 3 rings (SSSR count). The number of pyridine rings is 1. The van der Waals surface area contributed by atoms with E-state index in [4.69, 9.17) is 4.74 Å². The molecule has 1 aromatic heterocycles. The molecule has 2 unspecified atom stereocenters. The Morgan fingerprint density at radius 3 is 3.05 bits per heavy atom. The van der Waals surface area contributed by atoms with Gasteiger partial charge in [-0.05, 0) is 37.2 Å². The Bertz CT molecular complexity index is 603. The topological polar surface area (TPSA) is 34.2 Å². The van der Waals surface area contributed by atoms with Gasteiger partial charge in [-0.1, -0.05) is 28.9 Å². The molecule has 0 saturated heterocycles. The highest BCUT2D eigenvalue weighted by atomic mass is 79.9. The molecule has 2 aromatic rings. The van der Waals surface area contributed by atoms with E-state index in [9.17, 15) is 0 Å². The SMILES string of the molecule is CCCNC1CC(c2cccnc2)Oc2ccc(Br)cc21. The van der Waals surface area contributed by atoms with Crippen molar-refractivity contribution in [2.24, 2.45) is 0 Å². The van der Waals surface area contributed by atoms with Crippen molar-refractivity contribution in [3.8, 4) is 5.75 Å². The monoisotopic (exact) mass is 346 g/mol. The second kappa shape index (κ2) is 6.58. The molecule has 0 fully saturated rings. The maximum absolute atomic E-state index is 6.18. The number of fused-ring (bicyclic) bond motifs is 1. The molecule has 21 heavy (non-hydrogen) atoms. The summed E-state index contributed by atoms with van der Waals surface area (Å²) in [5.41, 5.74) is 2.37. The molecule has 1 aliphatic rings. The summed E-state index contributed by atoms with van der Waals surface area (Å²) in [4.78, 5) is 4.21. The summed E-state index contributed by atoms with van der Waals surface area (Å²) in [5.74, 6) is 0.965. The third-order valence-corrected chi connectivity index (χ3v) is 4.26. The minimum atomic E-state index is 0.0572.